The standard InChI is InChI=1S/C32H23F2N3O4S/c33-21-12-8-19(9-13-21)18-37(32(40)30-29(41-30)31(39)35-23-5-3-4-22(34)16-23)24-14-10-20(11-15-24)26(38)17-28-36-25-6-1-2-7-27(25)42-28/h1-16,29-30H,17-18H2,(H,35,39)/t29-,30-/m0/s1. The first-order valence-corrected chi connectivity index (χ1v) is 13.9. The summed E-state index contributed by atoms with van der Waals surface area (Å²) < 4.78 is 33.5. The van der Waals surface area contributed by atoms with Gasteiger partial charge in [0.15, 0.2) is 18.0 Å². The van der Waals surface area contributed by atoms with E-state index in [9.17, 15) is 23.2 Å². The lowest BCUT2D eigenvalue weighted by atomic mass is 10.1. The lowest BCUT2D eigenvalue weighted by molar-refractivity contribution is -0.120. The maximum Gasteiger partial charge on any atom is 0.259 e. The Kier molecular flexibility index (Phi) is 7.56. The fraction of sp³-hybridized carbons (Fsp3) is 0.125. The van der Waals surface area contributed by atoms with E-state index in [-0.39, 0.29) is 24.4 Å². The smallest absolute Gasteiger partial charge is 0.259 e. The van der Waals surface area contributed by atoms with Crippen molar-refractivity contribution in [1.29, 1.82) is 0 Å². The third kappa shape index (κ3) is 6.09. The van der Waals surface area contributed by atoms with Crippen molar-refractivity contribution in [3.05, 3.63) is 125 Å². The Morgan fingerprint density at radius 2 is 1.62 bits per heavy atom. The minimum Gasteiger partial charge on any atom is -0.349 e. The average Bonchev–Trinajstić information content (AvgIpc) is 3.69. The Morgan fingerprint density at radius 1 is 0.857 bits per heavy atom. The Morgan fingerprint density at radius 3 is 2.36 bits per heavy atom. The Labute approximate surface area is 243 Å². The predicted molar refractivity (Wildman–Crippen MR) is 155 cm³/mol. The number of carbonyl (C=O) groups excluding carboxylic acids is 3. The van der Waals surface area contributed by atoms with Crippen LogP contribution in [0.25, 0.3) is 10.2 Å². The molecule has 1 aromatic heterocycles. The maximum absolute atomic E-state index is 13.6. The van der Waals surface area contributed by atoms with Crippen molar-refractivity contribution in [3.63, 3.8) is 0 Å². The van der Waals surface area contributed by atoms with E-state index in [2.05, 4.69) is 10.3 Å². The van der Waals surface area contributed by atoms with Gasteiger partial charge in [-0.15, -0.1) is 11.3 Å². The second kappa shape index (κ2) is 11.6. The van der Waals surface area contributed by atoms with Crippen LogP contribution in [0.1, 0.15) is 20.9 Å². The normalized spacial score (nSPS) is 15.8. The van der Waals surface area contributed by atoms with Gasteiger partial charge < -0.3 is 15.0 Å². The van der Waals surface area contributed by atoms with Crippen LogP contribution in [-0.4, -0.2) is 34.8 Å². The molecule has 42 heavy (non-hydrogen) atoms. The topological polar surface area (TPSA) is 91.9 Å². The highest BCUT2D eigenvalue weighted by Gasteiger charge is 2.52. The van der Waals surface area contributed by atoms with E-state index in [0.29, 0.717) is 21.8 Å². The van der Waals surface area contributed by atoms with Crippen molar-refractivity contribution in [1.82, 2.24) is 4.98 Å². The number of halogens is 2. The number of anilines is 2. The van der Waals surface area contributed by atoms with E-state index in [4.69, 9.17) is 4.74 Å². The van der Waals surface area contributed by atoms with Crippen LogP contribution in [0.3, 0.4) is 0 Å². The lowest BCUT2D eigenvalue weighted by Crippen LogP contribution is -2.36. The van der Waals surface area contributed by atoms with E-state index in [0.717, 1.165) is 16.3 Å². The third-order valence-electron chi connectivity index (χ3n) is 6.76. The number of Topliss-reactive ketones (excluding diaryl/α,β-unsaturated/α-hetero) is 1. The molecular formula is C32H23F2N3O4S. The number of aromatic nitrogens is 1. The van der Waals surface area contributed by atoms with Crippen molar-refractivity contribution in [2.75, 3.05) is 10.2 Å². The van der Waals surface area contributed by atoms with E-state index in [1.54, 1.807) is 36.4 Å². The average molecular weight is 584 g/mol. The molecule has 6 rings (SSSR count). The van der Waals surface area contributed by atoms with Crippen LogP contribution in [0.5, 0.6) is 0 Å². The van der Waals surface area contributed by atoms with Gasteiger partial charge >= 0.3 is 0 Å². The quantitative estimate of drug-likeness (QED) is 0.171. The zero-order chi connectivity index (χ0) is 29.2. The van der Waals surface area contributed by atoms with E-state index < -0.39 is 35.7 Å². The summed E-state index contributed by atoms with van der Waals surface area (Å²) in [6, 6.07) is 25.4. The summed E-state index contributed by atoms with van der Waals surface area (Å²) in [6.45, 7) is 0.0796. The molecule has 4 aromatic carbocycles. The molecule has 0 aliphatic carbocycles. The van der Waals surface area contributed by atoms with Gasteiger partial charge in [-0.1, -0.05) is 30.3 Å². The Bertz CT molecular complexity index is 1760. The number of ether oxygens (including phenoxy) is 1. The van der Waals surface area contributed by atoms with Crippen molar-refractivity contribution in [2.45, 2.75) is 25.2 Å². The molecule has 7 nitrogen and oxygen atoms in total. The minimum absolute atomic E-state index is 0.0796. The van der Waals surface area contributed by atoms with E-state index in [1.807, 2.05) is 24.3 Å². The van der Waals surface area contributed by atoms with Crippen molar-refractivity contribution >= 4 is 50.5 Å². The molecule has 210 valence electrons. The molecule has 0 unspecified atom stereocenters. The number of benzene rings is 4. The van der Waals surface area contributed by atoms with Gasteiger partial charge in [-0.25, -0.2) is 13.8 Å². The maximum atomic E-state index is 13.6. The number of carbonyl (C=O) groups is 3. The van der Waals surface area contributed by atoms with Crippen LogP contribution in [0.15, 0.2) is 97.1 Å². The SMILES string of the molecule is O=C(Cc1nc2ccccc2s1)c1ccc(N(Cc2ccc(F)cc2)C(=O)[C@H]2O[C@@H]2C(=O)Nc2cccc(F)c2)cc1. The first-order chi connectivity index (χ1) is 20.3. The number of hydrogen-bond donors (Lipinski definition) is 1. The molecule has 1 fully saturated rings. The highest BCUT2D eigenvalue weighted by atomic mass is 32.1. The number of fused-ring (bicyclic) bond motifs is 1. The molecule has 0 spiro atoms. The number of ketones is 1. The van der Waals surface area contributed by atoms with Gasteiger partial charge in [0.2, 0.25) is 0 Å². The van der Waals surface area contributed by atoms with Crippen LogP contribution < -0.4 is 10.2 Å². The molecule has 2 atom stereocenters. The summed E-state index contributed by atoms with van der Waals surface area (Å²) in [5.41, 5.74) is 2.68. The molecule has 0 radical (unpaired) electrons. The highest BCUT2D eigenvalue weighted by molar-refractivity contribution is 7.18. The summed E-state index contributed by atoms with van der Waals surface area (Å²) in [7, 11) is 0. The number of nitrogens with one attached hydrogen (secondary N) is 1. The number of thiazole rings is 1. The number of rotatable bonds is 9. The molecule has 10 heteroatoms. The van der Waals surface area contributed by atoms with Crippen molar-refractivity contribution in [2.24, 2.45) is 0 Å². The predicted octanol–water partition coefficient (Wildman–Crippen LogP) is 5.94. The molecule has 5 aromatic rings. The number of nitrogens with zero attached hydrogens (tertiary/aromatic N) is 2. The van der Waals surface area contributed by atoms with Gasteiger partial charge in [0.25, 0.3) is 11.8 Å². The minimum atomic E-state index is -1.06. The van der Waals surface area contributed by atoms with Gasteiger partial charge in [-0.05, 0) is 72.3 Å². The summed E-state index contributed by atoms with van der Waals surface area (Å²) >= 11 is 1.47. The van der Waals surface area contributed by atoms with Crippen molar-refractivity contribution in [3.8, 4) is 0 Å². The summed E-state index contributed by atoms with van der Waals surface area (Å²) in [4.78, 5) is 45.2. The molecule has 0 bridgehead atoms. The molecular weight excluding hydrogens is 560 g/mol. The molecule has 2 amide bonds. The van der Waals surface area contributed by atoms with Crippen LogP contribution in [0, 0.1) is 11.6 Å². The first kappa shape index (κ1) is 27.4. The summed E-state index contributed by atoms with van der Waals surface area (Å²) in [5, 5.41) is 3.27. The molecule has 1 aliphatic rings. The molecule has 2 heterocycles. The molecule has 1 aliphatic heterocycles. The van der Waals surface area contributed by atoms with Crippen LogP contribution in [0.4, 0.5) is 20.2 Å². The van der Waals surface area contributed by atoms with Crippen LogP contribution >= 0.6 is 11.3 Å². The first-order valence-electron chi connectivity index (χ1n) is 13.1. The fourth-order valence-corrected chi connectivity index (χ4v) is 5.53. The largest absolute Gasteiger partial charge is 0.349 e. The zero-order valence-electron chi connectivity index (χ0n) is 22.0. The van der Waals surface area contributed by atoms with Crippen LogP contribution in [0.2, 0.25) is 0 Å². The summed E-state index contributed by atoms with van der Waals surface area (Å²) in [5.74, 6) is -2.09. The number of hydrogen-bond acceptors (Lipinski definition) is 6. The van der Waals surface area contributed by atoms with Crippen LogP contribution in [-0.2, 0) is 27.3 Å². The zero-order valence-corrected chi connectivity index (χ0v) is 22.8. The summed E-state index contributed by atoms with van der Waals surface area (Å²) in [6.07, 6.45) is -1.96. The van der Waals surface area contributed by atoms with Gasteiger partial charge in [0.1, 0.15) is 16.6 Å². The fourth-order valence-electron chi connectivity index (χ4n) is 4.56. The molecule has 0 saturated carbocycles. The van der Waals surface area contributed by atoms with Crippen molar-refractivity contribution < 1.29 is 27.9 Å². The number of epoxide rings is 1. The third-order valence-corrected chi connectivity index (χ3v) is 7.79. The lowest BCUT2D eigenvalue weighted by Gasteiger charge is -2.23. The number of para-hydroxylation sites is 1. The monoisotopic (exact) mass is 583 g/mol. The second-order valence-corrected chi connectivity index (χ2v) is 10.9. The van der Waals surface area contributed by atoms with Gasteiger partial charge in [-0.2, -0.15) is 0 Å². The molecule has 1 saturated heterocycles. The van der Waals surface area contributed by atoms with E-state index >= 15 is 0 Å². The second-order valence-electron chi connectivity index (χ2n) is 9.75. The highest BCUT2D eigenvalue weighted by Crippen LogP contribution is 2.30. The Balaban J connectivity index is 1.18. The van der Waals surface area contributed by atoms with Gasteiger partial charge in [-0.3, -0.25) is 14.4 Å². The molecule has 1 N–H and O–H groups in total. The van der Waals surface area contributed by atoms with E-state index in [1.165, 1.54) is 46.6 Å². The van der Waals surface area contributed by atoms with Gasteiger partial charge in [0.05, 0.1) is 23.2 Å². The number of amides is 2. The Hall–Kier alpha value is -4.80. The van der Waals surface area contributed by atoms with Gasteiger partial charge in [0, 0.05) is 16.9 Å².